The normalized spacial score (nSPS) is 15.1. The highest BCUT2D eigenvalue weighted by atomic mass is 16.6. The Kier molecular flexibility index (Phi) is 13.6. The molecule has 2 rings (SSSR count). The predicted octanol–water partition coefficient (Wildman–Crippen LogP) is 4.29. The Morgan fingerprint density at radius 3 is 2.30 bits per heavy atom. The van der Waals surface area contributed by atoms with Gasteiger partial charge in [-0.15, -0.1) is 0 Å². The quantitative estimate of drug-likeness (QED) is 0.277. The first kappa shape index (κ1) is 30.0. The fourth-order valence-electron chi connectivity index (χ4n) is 2.73. The number of benzene rings is 1. The number of piperidine rings is 1. The standard InChI is InChI=1S/C17H22O5.C6H9NO2.C2H6/c1-5-7-13(19)16-12(10-18)8-6-9-14(16)21-11-15(20)22-17(2,3)4;1-4-2-3-5(8)7-6(4)9;1-2/h6,8-10H,5,7,11H2,1-4H3;4H,2-3H2,1H3,(H,7,8,9);1-2H3. The lowest BCUT2D eigenvalue weighted by atomic mass is 10.0. The molecule has 33 heavy (non-hydrogen) atoms. The first-order valence-corrected chi connectivity index (χ1v) is 11.3. The van der Waals surface area contributed by atoms with E-state index in [-0.39, 0.29) is 47.0 Å². The molecule has 1 atom stereocenters. The van der Waals surface area contributed by atoms with Crippen LogP contribution in [-0.4, -0.2) is 42.1 Å². The number of aldehydes is 1. The van der Waals surface area contributed by atoms with Gasteiger partial charge in [0.15, 0.2) is 18.7 Å². The van der Waals surface area contributed by atoms with Crippen LogP contribution in [0.5, 0.6) is 5.75 Å². The number of ether oxygens (including phenoxy) is 2. The number of amides is 2. The van der Waals surface area contributed by atoms with Crippen LogP contribution in [0.4, 0.5) is 0 Å². The molecule has 0 aromatic heterocycles. The van der Waals surface area contributed by atoms with Gasteiger partial charge in [-0.05, 0) is 39.7 Å². The lowest BCUT2D eigenvalue weighted by Crippen LogP contribution is -2.39. The highest BCUT2D eigenvalue weighted by Gasteiger charge is 2.22. The number of carbonyl (C=O) groups is 5. The van der Waals surface area contributed by atoms with E-state index in [1.807, 2.05) is 27.7 Å². The van der Waals surface area contributed by atoms with Crippen molar-refractivity contribution in [2.75, 3.05) is 6.61 Å². The summed E-state index contributed by atoms with van der Waals surface area (Å²) in [5.74, 6) is -0.733. The Balaban J connectivity index is 0.000000770. The van der Waals surface area contributed by atoms with Gasteiger partial charge in [-0.1, -0.05) is 39.8 Å². The molecule has 2 amide bonds. The topological polar surface area (TPSA) is 116 Å². The summed E-state index contributed by atoms with van der Waals surface area (Å²) in [6, 6.07) is 4.73. The molecule has 8 heteroatoms. The number of ketones is 1. The molecule has 1 heterocycles. The minimum atomic E-state index is -0.605. The predicted molar refractivity (Wildman–Crippen MR) is 125 cm³/mol. The Labute approximate surface area is 196 Å². The third-order valence-corrected chi connectivity index (χ3v) is 4.22. The summed E-state index contributed by atoms with van der Waals surface area (Å²) in [4.78, 5) is 56.1. The van der Waals surface area contributed by atoms with E-state index in [4.69, 9.17) is 9.47 Å². The van der Waals surface area contributed by atoms with Crippen LogP contribution in [0.15, 0.2) is 18.2 Å². The molecule has 1 aromatic carbocycles. The maximum absolute atomic E-state index is 12.2. The van der Waals surface area contributed by atoms with Crippen LogP contribution >= 0.6 is 0 Å². The molecule has 8 nitrogen and oxygen atoms in total. The van der Waals surface area contributed by atoms with E-state index in [0.29, 0.717) is 32.0 Å². The molecular weight excluding hydrogens is 426 g/mol. The van der Waals surface area contributed by atoms with E-state index in [1.165, 1.54) is 0 Å². The number of rotatable bonds is 7. The van der Waals surface area contributed by atoms with Crippen molar-refractivity contribution in [3.05, 3.63) is 29.3 Å². The van der Waals surface area contributed by atoms with E-state index in [1.54, 1.807) is 39.0 Å². The van der Waals surface area contributed by atoms with Crippen LogP contribution < -0.4 is 10.1 Å². The molecule has 0 bridgehead atoms. The highest BCUT2D eigenvalue weighted by Crippen LogP contribution is 2.24. The van der Waals surface area contributed by atoms with E-state index in [2.05, 4.69) is 5.32 Å². The van der Waals surface area contributed by atoms with Gasteiger partial charge >= 0.3 is 5.97 Å². The summed E-state index contributed by atoms with van der Waals surface area (Å²) < 4.78 is 10.5. The monoisotopic (exact) mass is 463 g/mol. The molecule has 184 valence electrons. The van der Waals surface area contributed by atoms with E-state index in [9.17, 15) is 24.0 Å². The van der Waals surface area contributed by atoms with Crippen molar-refractivity contribution in [2.45, 2.75) is 79.8 Å². The van der Waals surface area contributed by atoms with Crippen LogP contribution in [0.25, 0.3) is 0 Å². The Morgan fingerprint density at radius 1 is 1.18 bits per heavy atom. The average Bonchev–Trinajstić information content (AvgIpc) is 2.75. The molecule has 1 unspecified atom stereocenters. The fraction of sp³-hybridized carbons (Fsp3) is 0.560. The van der Waals surface area contributed by atoms with Gasteiger partial charge in [-0.3, -0.25) is 24.5 Å². The summed E-state index contributed by atoms with van der Waals surface area (Å²) in [5.41, 5.74) is -0.116. The highest BCUT2D eigenvalue weighted by molar-refractivity contribution is 6.05. The van der Waals surface area contributed by atoms with Gasteiger partial charge in [-0.25, -0.2) is 4.79 Å². The second-order valence-electron chi connectivity index (χ2n) is 8.24. The lowest BCUT2D eigenvalue weighted by molar-refractivity contribution is -0.157. The molecule has 1 saturated heterocycles. The van der Waals surface area contributed by atoms with E-state index < -0.39 is 11.6 Å². The van der Waals surface area contributed by atoms with E-state index in [0.717, 1.165) is 0 Å². The minimum Gasteiger partial charge on any atom is -0.481 e. The number of esters is 1. The summed E-state index contributed by atoms with van der Waals surface area (Å²) in [7, 11) is 0. The second kappa shape index (κ2) is 14.9. The van der Waals surface area contributed by atoms with Crippen molar-refractivity contribution in [3.63, 3.8) is 0 Å². The van der Waals surface area contributed by atoms with Gasteiger partial charge in [0.1, 0.15) is 11.4 Å². The van der Waals surface area contributed by atoms with Gasteiger partial charge in [0.25, 0.3) is 0 Å². The smallest absolute Gasteiger partial charge is 0.344 e. The zero-order chi connectivity index (χ0) is 25.6. The number of hydrogen-bond acceptors (Lipinski definition) is 7. The largest absolute Gasteiger partial charge is 0.481 e. The van der Waals surface area contributed by atoms with Crippen LogP contribution in [0, 0.1) is 5.92 Å². The second-order valence-corrected chi connectivity index (χ2v) is 8.24. The van der Waals surface area contributed by atoms with Crippen molar-refractivity contribution in [3.8, 4) is 5.75 Å². The molecule has 1 aromatic rings. The first-order chi connectivity index (χ1) is 15.5. The molecule has 0 radical (unpaired) electrons. The number of Topliss-reactive ketones (excluding diaryl/α,β-unsaturated/α-hetero) is 1. The van der Waals surface area contributed by atoms with Gasteiger partial charge in [-0.2, -0.15) is 0 Å². The number of carbonyl (C=O) groups excluding carboxylic acids is 5. The molecule has 0 aliphatic carbocycles. The number of nitrogens with one attached hydrogen (secondary N) is 1. The minimum absolute atomic E-state index is 0.0164. The van der Waals surface area contributed by atoms with Crippen molar-refractivity contribution < 1.29 is 33.4 Å². The molecule has 1 N–H and O–H groups in total. The van der Waals surface area contributed by atoms with Crippen LogP contribution in [0.2, 0.25) is 0 Å². The molecular formula is C25H37NO7. The van der Waals surface area contributed by atoms with Crippen molar-refractivity contribution in [1.82, 2.24) is 5.32 Å². The van der Waals surface area contributed by atoms with Crippen LogP contribution in [-0.2, 0) is 19.1 Å². The van der Waals surface area contributed by atoms with Gasteiger partial charge < -0.3 is 9.47 Å². The molecule has 1 aliphatic rings. The summed E-state index contributed by atoms with van der Waals surface area (Å²) >= 11 is 0. The van der Waals surface area contributed by atoms with Crippen molar-refractivity contribution in [2.24, 2.45) is 5.92 Å². The Morgan fingerprint density at radius 2 is 1.82 bits per heavy atom. The third kappa shape index (κ3) is 11.4. The summed E-state index contributed by atoms with van der Waals surface area (Å²) in [6.45, 7) is 12.7. The fourth-order valence-corrected chi connectivity index (χ4v) is 2.73. The van der Waals surface area contributed by atoms with Gasteiger partial charge in [0.05, 0.1) is 5.56 Å². The first-order valence-electron chi connectivity index (χ1n) is 11.3. The number of hydrogen-bond donors (Lipinski definition) is 1. The molecule has 1 aliphatic heterocycles. The average molecular weight is 464 g/mol. The SMILES string of the molecule is CC.CC1CCC(=O)NC1=O.CCCC(=O)c1c(C=O)cccc1OCC(=O)OC(C)(C)C. The zero-order valence-corrected chi connectivity index (χ0v) is 20.8. The molecule has 1 fully saturated rings. The number of imide groups is 1. The van der Waals surface area contributed by atoms with Crippen molar-refractivity contribution in [1.29, 1.82) is 0 Å². The summed E-state index contributed by atoms with van der Waals surface area (Å²) in [5, 5.41) is 2.25. The zero-order valence-electron chi connectivity index (χ0n) is 20.8. The Hall–Kier alpha value is -3.03. The lowest BCUT2D eigenvalue weighted by Gasteiger charge is -2.20. The van der Waals surface area contributed by atoms with Crippen LogP contribution in [0.3, 0.4) is 0 Å². The van der Waals surface area contributed by atoms with Gasteiger partial charge in [0.2, 0.25) is 11.8 Å². The third-order valence-electron chi connectivity index (χ3n) is 4.22. The molecule has 0 spiro atoms. The molecule has 0 saturated carbocycles. The van der Waals surface area contributed by atoms with E-state index >= 15 is 0 Å². The van der Waals surface area contributed by atoms with Gasteiger partial charge in [0, 0.05) is 24.3 Å². The van der Waals surface area contributed by atoms with Crippen molar-refractivity contribution >= 4 is 29.9 Å². The van der Waals surface area contributed by atoms with Crippen LogP contribution in [0.1, 0.15) is 94.9 Å². The Bertz CT molecular complexity index is 825. The summed E-state index contributed by atoms with van der Waals surface area (Å²) in [6.07, 6.45) is 2.78. The maximum Gasteiger partial charge on any atom is 0.344 e. The maximum atomic E-state index is 12.2.